The molecular formula is C16H9ClO4. The Morgan fingerprint density at radius 3 is 2.76 bits per heavy atom. The Hall–Kier alpha value is -2.48. The van der Waals surface area contributed by atoms with E-state index < -0.39 is 5.63 Å². The summed E-state index contributed by atoms with van der Waals surface area (Å²) in [6, 6.07) is 7.70. The van der Waals surface area contributed by atoms with Crippen LogP contribution >= 0.6 is 11.6 Å². The fraction of sp³-hybridized carbons (Fsp3) is 0.0625. The molecule has 0 saturated heterocycles. The lowest BCUT2D eigenvalue weighted by atomic mass is 10.0. The summed E-state index contributed by atoms with van der Waals surface area (Å²) < 4.78 is 5.20. The van der Waals surface area contributed by atoms with Crippen LogP contribution in [0.2, 0.25) is 5.02 Å². The average molecular weight is 301 g/mol. The van der Waals surface area contributed by atoms with Gasteiger partial charge in [-0.3, -0.25) is 0 Å². The number of benzene rings is 2. The molecule has 2 aromatic carbocycles. The number of rotatable bonds is 0. The van der Waals surface area contributed by atoms with E-state index in [1.165, 1.54) is 12.1 Å². The lowest BCUT2D eigenvalue weighted by molar-refractivity contribution is 0.350. The number of phenols is 1. The minimum atomic E-state index is -0.558. The monoisotopic (exact) mass is 300 g/mol. The van der Waals surface area contributed by atoms with Gasteiger partial charge in [-0.1, -0.05) is 23.4 Å². The molecule has 3 rings (SSSR count). The van der Waals surface area contributed by atoms with Crippen LogP contribution in [-0.4, -0.2) is 16.8 Å². The molecule has 0 radical (unpaired) electrons. The maximum absolute atomic E-state index is 12.1. The van der Waals surface area contributed by atoms with Gasteiger partial charge in [0, 0.05) is 22.4 Å². The highest BCUT2D eigenvalue weighted by Crippen LogP contribution is 2.31. The Balaban J connectivity index is 2.45. The van der Waals surface area contributed by atoms with Crippen molar-refractivity contribution in [1.82, 2.24) is 0 Å². The standard InChI is InChI=1S/C16H9ClO4/c17-13-7-9(2-1-5-18)6-12-15(13)11-4-3-10(19)8-14(11)21-16(12)20/h3-4,6-8,18-19H,5H2. The molecule has 2 N–H and O–H groups in total. The van der Waals surface area contributed by atoms with Crippen LogP contribution in [-0.2, 0) is 0 Å². The fourth-order valence-corrected chi connectivity index (χ4v) is 2.53. The van der Waals surface area contributed by atoms with Crippen LogP contribution in [0.15, 0.2) is 39.5 Å². The van der Waals surface area contributed by atoms with Crippen LogP contribution in [0.25, 0.3) is 21.7 Å². The van der Waals surface area contributed by atoms with Gasteiger partial charge in [0.25, 0.3) is 0 Å². The van der Waals surface area contributed by atoms with E-state index in [9.17, 15) is 9.90 Å². The predicted molar refractivity (Wildman–Crippen MR) is 80.6 cm³/mol. The highest BCUT2D eigenvalue weighted by Gasteiger charge is 2.12. The zero-order valence-corrected chi connectivity index (χ0v) is 11.4. The summed E-state index contributed by atoms with van der Waals surface area (Å²) in [6.45, 7) is -0.277. The first-order valence-corrected chi connectivity index (χ1v) is 6.47. The van der Waals surface area contributed by atoms with Gasteiger partial charge in [0.1, 0.15) is 17.9 Å². The van der Waals surface area contributed by atoms with Crippen molar-refractivity contribution in [2.45, 2.75) is 0 Å². The van der Waals surface area contributed by atoms with Crippen LogP contribution in [0.1, 0.15) is 5.56 Å². The van der Waals surface area contributed by atoms with E-state index in [1.807, 2.05) is 0 Å². The van der Waals surface area contributed by atoms with Crippen molar-refractivity contribution in [3.05, 3.63) is 51.3 Å². The fourth-order valence-electron chi connectivity index (χ4n) is 2.21. The number of hydrogen-bond acceptors (Lipinski definition) is 4. The Bertz CT molecular complexity index is 977. The number of aliphatic hydroxyl groups is 1. The van der Waals surface area contributed by atoms with E-state index in [0.29, 0.717) is 26.7 Å². The first-order valence-electron chi connectivity index (χ1n) is 6.09. The maximum Gasteiger partial charge on any atom is 0.344 e. The molecule has 104 valence electrons. The third kappa shape index (κ3) is 2.33. The molecule has 0 atom stereocenters. The van der Waals surface area contributed by atoms with Crippen molar-refractivity contribution in [1.29, 1.82) is 0 Å². The summed E-state index contributed by atoms with van der Waals surface area (Å²) in [6.07, 6.45) is 0. The molecule has 0 unspecified atom stereocenters. The van der Waals surface area contributed by atoms with E-state index in [0.717, 1.165) is 0 Å². The molecule has 4 nitrogen and oxygen atoms in total. The molecule has 1 heterocycles. The van der Waals surface area contributed by atoms with Crippen LogP contribution in [0.3, 0.4) is 0 Å². The van der Waals surface area contributed by atoms with Crippen LogP contribution in [0.5, 0.6) is 5.75 Å². The van der Waals surface area contributed by atoms with Gasteiger partial charge in [-0.2, -0.15) is 0 Å². The summed E-state index contributed by atoms with van der Waals surface area (Å²) in [5, 5.41) is 20.0. The molecular weight excluding hydrogens is 292 g/mol. The van der Waals surface area contributed by atoms with Gasteiger partial charge in [-0.25, -0.2) is 4.79 Å². The summed E-state index contributed by atoms with van der Waals surface area (Å²) in [5.74, 6) is 5.21. The normalized spacial score (nSPS) is 10.6. The predicted octanol–water partition coefficient (Wildman–Crippen LogP) is 2.65. The van der Waals surface area contributed by atoms with Gasteiger partial charge in [0.05, 0.1) is 10.4 Å². The molecule has 0 bridgehead atoms. The Kier molecular flexibility index (Phi) is 3.30. The van der Waals surface area contributed by atoms with Gasteiger partial charge in [-0.05, 0) is 24.3 Å². The molecule has 0 saturated carbocycles. The first-order chi connectivity index (χ1) is 10.1. The third-order valence-electron chi connectivity index (χ3n) is 3.06. The van der Waals surface area contributed by atoms with Crippen molar-refractivity contribution in [2.24, 2.45) is 0 Å². The minimum absolute atomic E-state index is 0.00607. The maximum atomic E-state index is 12.1. The van der Waals surface area contributed by atoms with Crippen molar-refractivity contribution >= 4 is 33.3 Å². The SMILES string of the molecule is O=c1oc2cc(O)ccc2c2c(Cl)cc(C#CCO)cc12. The van der Waals surface area contributed by atoms with Crippen LogP contribution < -0.4 is 5.63 Å². The molecule has 0 amide bonds. The van der Waals surface area contributed by atoms with E-state index in [4.69, 9.17) is 21.1 Å². The second-order valence-corrected chi connectivity index (χ2v) is 4.82. The summed E-state index contributed by atoms with van der Waals surface area (Å²) in [5.41, 5.74) is 0.230. The van der Waals surface area contributed by atoms with E-state index in [-0.39, 0.29) is 17.9 Å². The van der Waals surface area contributed by atoms with Gasteiger partial charge in [0.15, 0.2) is 0 Å². The number of aromatic hydroxyl groups is 1. The zero-order chi connectivity index (χ0) is 15.0. The number of halogens is 1. The molecule has 3 aromatic rings. The van der Waals surface area contributed by atoms with Crippen molar-refractivity contribution in [3.8, 4) is 17.6 Å². The Labute approximate surface area is 124 Å². The third-order valence-corrected chi connectivity index (χ3v) is 3.36. The molecule has 0 aliphatic carbocycles. The topological polar surface area (TPSA) is 70.7 Å². The van der Waals surface area contributed by atoms with Crippen molar-refractivity contribution in [3.63, 3.8) is 0 Å². The molecule has 0 aliphatic heterocycles. The van der Waals surface area contributed by atoms with Crippen LogP contribution in [0.4, 0.5) is 0 Å². The number of phenolic OH excluding ortho intramolecular Hbond substituents is 1. The van der Waals surface area contributed by atoms with E-state index in [1.54, 1.807) is 18.2 Å². The van der Waals surface area contributed by atoms with Gasteiger partial charge in [0.2, 0.25) is 0 Å². The zero-order valence-electron chi connectivity index (χ0n) is 10.7. The Morgan fingerprint density at radius 1 is 1.19 bits per heavy atom. The largest absolute Gasteiger partial charge is 0.508 e. The lowest BCUT2D eigenvalue weighted by Gasteiger charge is -2.05. The van der Waals surface area contributed by atoms with Gasteiger partial charge < -0.3 is 14.6 Å². The highest BCUT2D eigenvalue weighted by atomic mass is 35.5. The minimum Gasteiger partial charge on any atom is -0.508 e. The van der Waals surface area contributed by atoms with E-state index in [2.05, 4.69) is 11.8 Å². The molecule has 5 heteroatoms. The second-order valence-electron chi connectivity index (χ2n) is 4.41. The summed E-state index contributed by atoms with van der Waals surface area (Å²) >= 11 is 6.26. The second kappa shape index (κ2) is 5.13. The number of fused-ring (bicyclic) bond motifs is 3. The summed E-state index contributed by atoms with van der Waals surface area (Å²) in [7, 11) is 0. The van der Waals surface area contributed by atoms with Gasteiger partial charge in [-0.15, -0.1) is 0 Å². The Morgan fingerprint density at radius 2 is 2.00 bits per heavy atom. The molecule has 1 aromatic heterocycles. The summed E-state index contributed by atoms with van der Waals surface area (Å²) in [4.78, 5) is 12.1. The first kappa shape index (κ1) is 13.5. The van der Waals surface area contributed by atoms with Gasteiger partial charge >= 0.3 is 5.63 Å². The molecule has 0 spiro atoms. The van der Waals surface area contributed by atoms with Crippen LogP contribution in [0, 0.1) is 11.8 Å². The lowest BCUT2D eigenvalue weighted by Crippen LogP contribution is -2.00. The quantitative estimate of drug-likeness (QED) is 0.380. The molecule has 0 aliphatic rings. The number of aliphatic hydroxyl groups excluding tert-OH is 1. The average Bonchev–Trinajstić information content (AvgIpc) is 2.45. The smallest absolute Gasteiger partial charge is 0.344 e. The van der Waals surface area contributed by atoms with Crippen molar-refractivity contribution in [2.75, 3.05) is 6.61 Å². The molecule has 21 heavy (non-hydrogen) atoms. The number of hydrogen-bond donors (Lipinski definition) is 2. The van der Waals surface area contributed by atoms with Crippen molar-refractivity contribution < 1.29 is 14.6 Å². The molecule has 0 fully saturated rings. The highest BCUT2D eigenvalue weighted by molar-refractivity contribution is 6.37. The van der Waals surface area contributed by atoms with E-state index >= 15 is 0 Å².